The van der Waals surface area contributed by atoms with E-state index in [1.807, 2.05) is 18.2 Å². The Morgan fingerprint density at radius 2 is 1.90 bits per heavy atom. The summed E-state index contributed by atoms with van der Waals surface area (Å²) in [6.07, 6.45) is 3.37. The van der Waals surface area contributed by atoms with Gasteiger partial charge in [0.2, 0.25) is 5.91 Å². The minimum absolute atomic E-state index is 0.0804. The molecule has 1 fully saturated rings. The summed E-state index contributed by atoms with van der Waals surface area (Å²) in [4.78, 5) is 17.1. The van der Waals surface area contributed by atoms with Gasteiger partial charge in [0.15, 0.2) is 11.5 Å². The number of rotatable bonds is 10. The van der Waals surface area contributed by atoms with Crippen LogP contribution in [0.3, 0.4) is 0 Å². The first-order chi connectivity index (χ1) is 13.9. The van der Waals surface area contributed by atoms with Crippen LogP contribution in [0.15, 0.2) is 24.3 Å². The Labute approximate surface area is 175 Å². The maximum Gasteiger partial charge on any atom is 0.244 e. The van der Waals surface area contributed by atoms with E-state index in [-0.39, 0.29) is 5.91 Å². The van der Waals surface area contributed by atoms with Gasteiger partial charge in [-0.25, -0.2) is 0 Å². The third-order valence-electron chi connectivity index (χ3n) is 5.24. The van der Waals surface area contributed by atoms with Crippen molar-refractivity contribution in [3.63, 3.8) is 0 Å². The minimum atomic E-state index is -0.0804. The summed E-state index contributed by atoms with van der Waals surface area (Å²) in [7, 11) is 1.62. The third kappa shape index (κ3) is 7.71. The van der Waals surface area contributed by atoms with Crippen molar-refractivity contribution in [2.24, 2.45) is 5.92 Å². The highest BCUT2D eigenvalue weighted by atomic mass is 16.5. The van der Waals surface area contributed by atoms with E-state index in [1.54, 1.807) is 19.3 Å². The summed E-state index contributed by atoms with van der Waals surface area (Å²) in [5, 5.41) is 3.01. The van der Waals surface area contributed by atoms with Crippen molar-refractivity contribution in [3.8, 4) is 11.5 Å². The molecule has 1 saturated heterocycles. The summed E-state index contributed by atoms with van der Waals surface area (Å²) in [5.41, 5.74) is 0.901. The van der Waals surface area contributed by atoms with Crippen molar-refractivity contribution in [2.45, 2.75) is 33.7 Å². The van der Waals surface area contributed by atoms with E-state index in [0.29, 0.717) is 30.9 Å². The molecule has 1 atom stereocenters. The SMILES string of the molecule is CCN1CCN(C(C)CNC(=O)/C=C/c2ccc(OCC(C)C)c(OC)c2)CC1. The van der Waals surface area contributed by atoms with Crippen molar-refractivity contribution >= 4 is 12.0 Å². The number of carbonyl (C=O) groups excluding carboxylic acids is 1. The minimum Gasteiger partial charge on any atom is -0.493 e. The second-order valence-electron chi connectivity index (χ2n) is 8.01. The lowest BCUT2D eigenvalue weighted by atomic mass is 10.1. The Hall–Kier alpha value is -2.05. The summed E-state index contributed by atoms with van der Waals surface area (Å²) < 4.78 is 11.2. The van der Waals surface area contributed by atoms with Crippen LogP contribution in [-0.2, 0) is 4.79 Å². The Bertz CT molecular complexity index is 667. The van der Waals surface area contributed by atoms with Crippen molar-refractivity contribution in [3.05, 3.63) is 29.8 Å². The number of benzene rings is 1. The fourth-order valence-corrected chi connectivity index (χ4v) is 3.29. The Kier molecular flexibility index (Phi) is 9.48. The molecule has 6 nitrogen and oxygen atoms in total. The van der Waals surface area contributed by atoms with Gasteiger partial charge < -0.3 is 19.7 Å². The van der Waals surface area contributed by atoms with Gasteiger partial charge in [0, 0.05) is 44.8 Å². The van der Waals surface area contributed by atoms with Gasteiger partial charge in [-0.15, -0.1) is 0 Å². The lowest BCUT2D eigenvalue weighted by Gasteiger charge is -2.37. The molecule has 0 aromatic heterocycles. The van der Waals surface area contributed by atoms with Crippen LogP contribution in [0.25, 0.3) is 6.08 Å². The maximum atomic E-state index is 12.2. The number of carbonyl (C=O) groups is 1. The molecule has 162 valence electrons. The molecule has 29 heavy (non-hydrogen) atoms. The third-order valence-corrected chi connectivity index (χ3v) is 5.24. The number of nitrogens with zero attached hydrogens (tertiary/aromatic N) is 2. The second kappa shape index (κ2) is 11.8. The first-order valence-corrected chi connectivity index (χ1v) is 10.7. The monoisotopic (exact) mass is 403 g/mol. The molecular formula is C23H37N3O3. The average Bonchev–Trinajstić information content (AvgIpc) is 2.74. The fraction of sp³-hybridized carbons (Fsp3) is 0.609. The standard InChI is InChI=1S/C23H37N3O3/c1-6-25-11-13-26(14-12-25)19(4)16-24-23(27)10-8-20-7-9-21(22(15-20)28-5)29-17-18(2)3/h7-10,15,18-19H,6,11-14,16-17H2,1-5H3,(H,24,27)/b10-8+. The van der Waals surface area contributed by atoms with Gasteiger partial charge in [0.1, 0.15) is 0 Å². The lowest BCUT2D eigenvalue weighted by molar-refractivity contribution is -0.116. The number of piperazine rings is 1. The van der Waals surface area contributed by atoms with Crippen molar-refractivity contribution < 1.29 is 14.3 Å². The van der Waals surface area contributed by atoms with Crippen molar-refractivity contribution in [1.82, 2.24) is 15.1 Å². The first kappa shape index (κ1) is 23.2. The number of hydrogen-bond acceptors (Lipinski definition) is 5. The van der Waals surface area contributed by atoms with E-state index in [9.17, 15) is 4.79 Å². The molecule has 1 aromatic rings. The van der Waals surface area contributed by atoms with Crippen LogP contribution in [0.4, 0.5) is 0 Å². The molecule has 1 aliphatic rings. The molecule has 0 aliphatic carbocycles. The maximum absolute atomic E-state index is 12.2. The van der Waals surface area contributed by atoms with Crippen LogP contribution < -0.4 is 14.8 Å². The molecule has 0 saturated carbocycles. The molecule has 1 N–H and O–H groups in total. The lowest BCUT2D eigenvalue weighted by Crippen LogP contribution is -2.52. The molecule has 6 heteroatoms. The van der Waals surface area contributed by atoms with Gasteiger partial charge in [-0.1, -0.05) is 26.8 Å². The van der Waals surface area contributed by atoms with E-state index in [1.165, 1.54) is 0 Å². The van der Waals surface area contributed by atoms with E-state index < -0.39 is 0 Å². The fourth-order valence-electron chi connectivity index (χ4n) is 3.29. The van der Waals surface area contributed by atoms with E-state index in [0.717, 1.165) is 44.0 Å². The molecule has 1 heterocycles. The van der Waals surface area contributed by atoms with Crippen LogP contribution in [0.1, 0.15) is 33.3 Å². The molecular weight excluding hydrogens is 366 g/mol. The molecule has 1 aromatic carbocycles. The Morgan fingerprint density at radius 3 is 2.52 bits per heavy atom. The quantitative estimate of drug-likeness (QED) is 0.609. The zero-order valence-electron chi connectivity index (χ0n) is 18.6. The molecule has 1 unspecified atom stereocenters. The number of amides is 1. The molecule has 2 rings (SSSR count). The van der Waals surface area contributed by atoms with Crippen molar-refractivity contribution in [2.75, 3.05) is 53.0 Å². The van der Waals surface area contributed by atoms with Gasteiger partial charge >= 0.3 is 0 Å². The summed E-state index contributed by atoms with van der Waals surface area (Å²) in [6, 6.07) is 6.04. The Morgan fingerprint density at radius 1 is 1.17 bits per heavy atom. The molecule has 1 aliphatic heterocycles. The summed E-state index contributed by atoms with van der Waals surface area (Å²) in [6.45, 7) is 15.3. The highest BCUT2D eigenvalue weighted by Gasteiger charge is 2.20. The van der Waals surface area contributed by atoms with Crippen LogP contribution in [0, 0.1) is 5.92 Å². The van der Waals surface area contributed by atoms with Crippen LogP contribution in [0.5, 0.6) is 11.5 Å². The normalized spacial score (nSPS) is 16.9. The smallest absolute Gasteiger partial charge is 0.244 e. The number of likely N-dealkylation sites (N-methyl/N-ethyl adjacent to an activating group) is 1. The number of hydrogen-bond donors (Lipinski definition) is 1. The Balaban J connectivity index is 1.82. The van der Waals surface area contributed by atoms with Crippen LogP contribution in [-0.4, -0.2) is 74.7 Å². The highest BCUT2D eigenvalue weighted by molar-refractivity contribution is 5.91. The van der Waals surface area contributed by atoms with Gasteiger partial charge in [-0.05, 0) is 43.2 Å². The van der Waals surface area contributed by atoms with Crippen LogP contribution >= 0.6 is 0 Å². The predicted molar refractivity (Wildman–Crippen MR) is 119 cm³/mol. The topological polar surface area (TPSA) is 54.0 Å². The first-order valence-electron chi connectivity index (χ1n) is 10.7. The van der Waals surface area contributed by atoms with Gasteiger partial charge in [-0.2, -0.15) is 0 Å². The van der Waals surface area contributed by atoms with E-state index >= 15 is 0 Å². The molecule has 0 bridgehead atoms. The summed E-state index contributed by atoms with van der Waals surface area (Å²) in [5.74, 6) is 1.76. The summed E-state index contributed by atoms with van der Waals surface area (Å²) >= 11 is 0. The predicted octanol–water partition coefficient (Wildman–Crippen LogP) is 2.89. The van der Waals surface area contributed by atoms with Crippen LogP contribution in [0.2, 0.25) is 0 Å². The van der Waals surface area contributed by atoms with E-state index in [4.69, 9.17) is 9.47 Å². The molecule has 1 amide bonds. The zero-order valence-corrected chi connectivity index (χ0v) is 18.6. The van der Waals surface area contributed by atoms with Crippen molar-refractivity contribution in [1.29, 1.82) is 0 Å². The van der Waals surface area contributed by atoms with E-state index in [2.05, 4.69) is 42.8 Å². The highest BCUT2D eigenvalue weighted by Crippen LogP contribution is 2.28. The van der Waals surface area contributed by atoms with Gasteiger partial charge in [-0.3, -0.25) is 9.69 Å². The number of ether oxygens (including phenoxy) is 2. The number of methoxy groups -OCH3 is 1. The zero-order chi connectivity index (χ0) is 21.2. The van der Waals surface area contributed by atoms with Gasteiger partial charge in [0.05, 0.1) is 13.7 Å². The average molecular weight is 404 g/mol. The van der Waals surface area contributed by atoms with Gasteiger partial charge in [0.25, 0.3) is 0 Å². The largest absolute Gasteiger partial charge is 0.493 e. The molecule has 0 spiro atoms. The molecule has 0 radical (unpaired) electrons. The second-order valence-corrected chi connectivity index (χ2v) is 8.01. The number of nitrogens with one attached hydrogen (secondary N) is 1.